The summed E-state index contributed by atoms with van der Waals surface area (Å²) in [6, 6.07) is 9.45. The highest BCUT2D eigenvalue weighted by Gasteiger charge is 2.37. The number of rotatable bonds is 0. The first-order valence-electron chi connectivity index (χ1n) is 6.87. The number of Topliss-reactive ketones (excluding diaryl/α,β-unsaturated/α-hetero) is 2. The molecule has 1 aliphatic carbocycles. The van der Waals surface area contributed by atoms with E-state index in [1.165, 1.54) is 0 Å². The lowest BCUT2D eigenvalue weighted by Gasteiger charge is -2.19. The molecule has 0 saturated heterocycles. The van der Waals surface area contributed by atoms with Crippen LogP contribution in [0.15, 0.2) is 35.9 Å². The minimum atomic E-state index is -0.424. The predicted octanol–water partition coefficient (Wildman–Crippen LogP) is 3.35. The van der Waals surface area contributed by atoms with Crippen LogP contribution in [-0.4, -0.2) is 17.6 Å². The smallest absolute Gasteiger partial charge is 0.234 e. The third kappa shape index (κ3) is 1.67. The number of ketones is 2. The quantitative estimate of drug-likeness (QED) is 0.759. The highest BCUT2D eigenvalue weighted by molar-refractivity contribution is 6.54. The lowest BCUT2D eigenvalue weighted by atomic mass is 9.84. The average molecular weight is 298 g/mol. The van der Waals surface area contributed by atoms with E-state index < -0.39 is 5.78 Å². The van der Waals surface area contributed by atoms with Crippen LogP contribution in [-0.2, 0) is 4.79 Å². The number of benzene rings is 2. The van der Waals surface area contributed by atoms with E-state index in [1.807, 2.05) is 25.1 Å². The van der Waals surface area contributed by atoms with Crippen LogP contribution in [0.3, 0.4) is 0 Å². The Morgan fingerprint density at radius 2 is 1.90 bits per heavy atom. The highest BCUT2D eigenvalue weighted by atomic mass is 35.5. The fourth-order valence-electron chi connectivity index (χ4n) is 3.23. The Morgan fingerprint density at radius 3 is 2.71 bits per heavy atom. The second-order valence-electron chi connectivity index (χ2n) is 5.61. The van der Waals surface area contributed by atoms with Crippen molar-refractivity contribution in [3.05, 3.63) is 52.1 Å². The van der Waals surface area contributed by atoms with Crippen LogP contribution in [0.5, 0.6) is 0 Å². The van der Waals surface area contributed by atoms with Crippen molar-refractivity contribution in [3.8, 4) is 0 Å². The second-order valence-corrected chi connectivity index (χ2v) is 6.05. The van der Waals surface area contributed by atoms with Crippen molar-refractivity contribution in [2.45, 2.75) is 19.4 Å². The molecule has 2 aliphatic rings. The summed E-state index contributed by atoms with van der Waals surface area (Å²) >= 11 is 6.06. The van der Waals surface area contributed by atoms with E-state index >= 15 is 0 Å². The standard InChI is InChI=1S/C17H12ClNO2/c1-8-6-13-15(19-8)11-5-3-9-2-4-10(18)7-12(9)14(11)17(21)16(13)20/h2-5,7-8,19H,6H2,1H3. The zero-order chi connectivity index (χ0) is 14.7. The van der Waals surface area contributed by atoms with Gasteiger partial charge < -0.3 is 5.32 Å². The molecular weight excluding hydrogens is 286 g/mol. The SMILES string of the molecule is CC1CC2=C(N1)c1ccc3ccc(Cl)cc3c1C(=O)C2=O. The van der Waals surface area contributed by atoms with Crippen molar-refractivity contribution >= 4 is 39.6 Å². The van der Waals surface area contributed by atoms with Crippen LogP contribution in [0, 0.1) is 0 Å². The van der Waals surface area contributed by atoms with Crippen molar-refractivity contribution in [1.82, 2.24) is 5.32 Å². The summed E-state index contributed by atoms with van der Waals surface area (Å²) in [5.41, 5.74) is 2.71. The van der Waals surface area contributed by atoms with E-state index in [-0.39, 0.29) is 11.8 Å². The Morgan fingerprint density at radius 1 is 1.14 bits per heavy atom. The molecule has 0 amide bonds. The molecule has 0 spiro atoms. The largest absolute Gasteiger partial charge is 0.381 e. The molecule has 0 radical (unpaired) electrons. The number of carbonyl (C=O) groups excluding carboxylic acids is 2. The number of carbonyl (C=O) groups is 2. The summed E-state index contributed by atoms with van der Waals surface area (Å²) < 4.78 is 0. The first-order chi connectivity index (χ1) is 10.1. The van der Waals surface area contributed by atoms with Gasteiger partial charge in [0.1, 0.15) is 0 Å². The normalized spacial score (nSPS) is 20.6. The highest BCUT2D eigenvalue weighted by Crippen LogP contribution is 2.38. The van der Waals surface area contributed by atoms with Gasteiger partial charge in [-0.1, -0.05) is 29.8 Å². The van der Waals surface area contributed by atoms with Gasteiger partial charge >= 0.3 is 0 Å². The number of hydrogen-bond donors (Lipinski definition) is 1. The van der Waals surface area contributed by atoms with Gasteiger partial charge in [-0.25, -0.2) is 0 Å². The van der Waals surface area contributed by atoms with Gasteiger partial charge in [0.2, 0.25) is 11.6 Å². The van der Waals surface area contributed by atoms with Crippen LogP contribution in [0.4, 0.5) is 0 Å². The van der Waals surface area contributed by atoms with E-state index in [2.05, 4.69) is 5.32 Å². The number of fused-ring (bicyclic) bond motifs is 4. The zero-order valence-electron chi connectivity index (χ0n) is 11.4. The van der Waals surface area contributed by atoms with Gasteiger partial charge in [-0.2, -0.15) is 0 Å². The third-order valence-electron chi connectivity index (χ3n) is 4.16. The summed E-state index contributed by atoms with van der Waals surface area (Å²) in [7, 11) is 0. The van der Waals surface area contributed by atoms with E-state index in [4.69, 9.17) is 11.6 Å². The number of hydrogen-bond acceptors (Lipinski definition) is 3. The molecule has 0 saturated carbocycles. The molecule has 2 aromatic carbocycles. The fourth-order valence-corrected chi connectivity index (χ4v) is 3.41. The molecule has 4 heteroatoms. The molecule has 2 aromatic rings. The maximum Gasteiger partial charge on any atom is 0.234 e. The van der Waals surface area contributed by atoms with E-state index in [0.29, 0.717) is 22.6 Å². The fraction of sp³-hybridized carbons (Fsp3) is 0.176. The van der Waals surface area contributed by atoms with E-state index in [1.54, 1.807) is 12.1 Å². The summed E-state index contributed by atoms with van der Waals surface area (Å²) in [5, 5.41) is 5.53. The minimum Gasteiger partial charge on any atom is -0.381 e. The zero-order valence-corrected chi connectivity index (χ0v) is 12.1. The van der Waals surface area contributed by atoms with Crippen molar-refractivity contribution in [2.24, 2.45) is 0 Å². The summed E-state index contributed by atoms with van der Waals surface area (Å²) in [6.45, 7) is 2.01. The molecule has 1 unspecified atom stereocenters. The first kappa shape index (κ1) is 12.6. The number of nitrogens with one attached hydrogen (secondary N) is 1. The molecule has 0 aromatic heterocycles. The second kappa shape index (κ2) is 4.18. The lowest BCUT2D eigenvalue weighted by molar-refractivity contribution is -0.111. The Kier molecular flexibility index (Phi) is 2.51. The van der Waals surface area contributed by atoms with Gasteiger partial charge in [0.05, 0.1) is 0 Å². The molecule has 4 rings (SSSR count). The van der Waals surface area contributed by atoms with Crippen LogP contribution in [0.25, 0.3) is 16.5 Å². The van der Waals surface area contributed by atoms with Crippen molar-refractivity contribution in [1.29, 1.82) is 0 Å². The van der Waals surface area contributed by atoms with Gasteiger partial charge in [0.25, 0.3) is 0 Å². The number of halogens is 1. The Bertz CT molecular complexity index is 866. The first-order valence-corrected chi connectivity index (χ1v) is 7.25. The molecular formula is C17H12ClNO2. The van der Waals surface area contributed by atoms with Crippen LogP contribution < -0.4 is 5.32 Å². The molecule has 1 atom stereocenters. The maximum absolute atomic E-state index is 12.5. The van der Waals surface area contributed by atoms with Crippen molar-refractivity contribution in [3.63, 3.8) is 0 Å². The van der Waals surface area contributed by atoms with Gasteiger partial charge in [-0.05, 0) is 36.2 Å². The molecule has 1 aliphatic heterocycles. The minimum absolute atomic E-state index is 0.174. The van der Waals surface area contributed by atoms with Gasteiger partial charge in [0.15, 0.2) is 0 Å². The topological polar surface area (TPSA) is 46.2 Å². The van der Waals surface area contributed by atoms with Crippen molar-refractivity contribution < 1.29 is 9.59 Å². The van der Waals surface area contributed by atoms with E-state index in [9.17, 15) is 9.59 Å². The molecule has 3 nitrogen and oxygen atoms in total. The molecule has 1 N–H and O–H groups in total. The summed E-state index contributed by atoms with van der Waals surface area (Å²) in [4.78, 5) is 24.9. The maximum atomic E-state index is 12.5. The Hall–Kier alpha value is -2.13. The van der Waals surface area contributed by atoms with Crippen LogP contribution >= 0.6 is 11.6 Å². The summed E-state index contributed by atoms with van der Waals surface area (Å²) in [6.07, 6.45) is 0.604. The van der Waals surface area contributed by atoms with Gasteiger partial charge in [0, 0.05) is 33.5 Å². The van der Waals surface area contributed by atoms with Crippen molar-refractivity contribution in [2.75, 3.05) is 0 Å². The molecule has 104 valence electrons. The lowest BCUT2D eigenvalue weighted by Crippen LogP contribution is -2.24. The van der Waals surface area contributed by atoms with Gasteiger partial charge in [-0.3, -0.25) is 9.59 Å². The predicted molar refractivity (Wildman–Crippen MR) is 82.4 cm³/mol. The Balaban J connectivity index is 2.09. The Labute approximate surface area is 126 Å². The monoisotopic (exact) mass is 297 g/mol. The molecule has 0 bridgehead atoms. The van der Waals surface area contributed by atoms with Crippen LogP contribution in [0.2, 0.25) is 5.02 Å². The average Bonchev–Trinajstić information content (AvgIpc) is 2.85. The molecule has 1 heterocycles. The molecule has 21 heavy (non-hydrogen) atoms. The molecule has 0 fully saturated rings. The van der Waals surface area contributed by atoms with E-state index in [0.717, 1.165) is 22.0 Å². The third-order valence-corrected chi connectivity index (χ3v) is 4.40. The van der Waals surface area contributed by atoms with Gasteiger partial charge in [-0.15, -0.1) is 0 Å². The van der Waals surface area contributed by atoms with Crippen LogP contribution in [0.1, 0.15) is 29.3 Å². The summed E-state index contributed by atoms with van der Waals surface area (Å²) in [5.74, 6) is -0.811.